The molecule has 1 unspecified atom stereocenters. The molecule has 1 aromatic rings. The van der Waals surface area contributed by atoms with Crippen LogP contribution in [0.3, 0.4) is 0 Å². The Balaban J connectivity index is 2.41. The summed E-state index contributed by atoms with van der Waals surface area (Å²) in [6.07, 6.45) is -0.115. The summed E-state index contributed by atoms with van der Waals surface area (Å²) in [5, 5.41) is 0. The highest BCUT2D eigenvalue weighted by atomic mass is 32.2. The number of ether oxygens (including phenoxy) is 2. The number of methoxy groups -OCH3 is 1. The third-order valence-corrected chi connectivity index (χ3v) is 4.90. The van der Waals surface area contributed by atoms with E-state index in [4.69, 9.17) is 15.2 Å². The monoisotopic (exact) mass is 286 g/mol. The molecule has 2 rings (SSSR count). The van der Waals surface area contributed by atoms with Gasteiger partial charge in [-0.3, -0.25) is 0 Å². The van der Waals surface area contributed by atoms with Crippen LogP contribution in [0.15, 0.2) is 23.1 Å². The predicted molar refractivity (Wildman–Crippen MR) is 71.6 cm³/mol. The van der Waals surface area contributed by atoms with Crippen LogP contribution in [-0.4, -0.2) is 45.6 Å². The van der Waals surface area contributed by atoms with Crippen LogP contribution in [0.2, 0.25) is 0 Å². The van der Waals surface area contributed by atoms with Crippen LogP contribution in [0.1, 0.15) is 6.92 Å². The van der Waals surface area contributed by atoms with E-state index in [-0.39, 0.29) is 11.0 Å². The molecule has 1 fully saturated rings. The van der Waals surface area contributed by atoms with Gasteiger partial charge in [0.25, 0.3) is 0 Å². The zero-order chi connectivity index (χ0) is 14.0. The molecule has 19 heavy (non-hydrogen) atoms. The fraction of sp³-hybridized carbons (Fsp3) is 0.500. The molecule has 0 amide bonds. The smallest absolute Gasteiger partial charge is 0.247 e. The number of hydrogen-bond donors (Lipinski definition) is 1. The number of rotatable bonds is 3. The highest BCUT2D eigenvalue weighted by Gasteiger charge is 2.31. The Labute approximate surface area is 113 Å². The largest absolute Gasteiger partial charge is 0.495 e. The molecule has 1 heterocycles. The zero-order valence-corrected chi connectivity index (χ0v) is 11.8. The summed E-state index contributed by atoms with van der Waals surface area (Å²) in [7, 11) is -2.17. The van der Waals surface area contributed by atoms with Crippen molar-refractivity contribution in [2.24, 2.45) is 0 Å². The van der Waals surface area contributed by atoms with E-state index in [2.05, 4.69) is 0 Å². The third-order valence-electron chi connectivity index (χ3n) is 3.01. The molecule has 1 aliphatic rings. The Hall–Kier alpha value is -1.31. The summed E-state index contributed by atoms with van der Waals surface area (Å²) in [5.41, 5.74) is 6.06. The fourth-order valence-electron chi connectivity index (χ4n) is 2.04. The molecule has 7 heteroatoms. The Morgan fingerprint density at radius 2 is 2.21 bits per heavy atom. The van der Waals surface area contributed by atoms with Crippen LogP contribution < -0.4 is 10.5 Å². The second-order valence-corrected chi connectivity index (χ2v) is 6.36. The van der Waals surface area contributed by atoms with E-state index >= 15 is 0 Å². The molecular weight excluding hydrogens is 268 g/mol. The number of benzene rings is 1. The van der Waals surface area contributed by atoms with Crippen LogP contribution in [-0.2, 0) is 14.8 Å². The standard InChI is InChI=1S/C12H18N2O4S/c1-9-8-14(5-6-18-9)19(15,16)12-7-10(13)3-4-11(12)17-2/h3-4,7,9H,5-6,8,13H2,1-2H3. The second-order valence-electron chi connectivity index (χ2n) is 4.45. The van der Waals surface area contributed by atoms with E-state index in [1.807, 2.05) is 6.92 Å². The van der Waals surface area contributed by atoms with Gasteiger partial charge in [-0.05, 0) is 25.1 Å². The number of nitrogens with zero attached hydrogens (tertiary/aromatic N) is 1. The van der Waals surface area contributed by atoms with Gasteiger partial charge in [0.15, 0.2) is 0 Å². The van der Waals surface area contributed by atoms with Gasteiger partial charge >= 0.3 is 0 Å². The Bertz CT molecular complexity index is 559. The lowest BCUT2D eigenvalue weighted by Gasteiger charge is -2.30. The maximum Gasteiger partial charge on any atom is 0.247 e. The number of anilines is 1. The normalized spacial score (nSPS) is 21.3. The molecule has 1 atom stereocenters. The SMILES string of the molecule is COc1ccc(N)cc1S(=O)(=O)N1CCOC(C)C1. The van der Waals surface area contributed by atoms with Crippen molar-refractivity contribution in [3.8, 4) is 5.75 Å². The van der Waals surface area contributed by atoms with E-state index in [1.165, 1.54) is 17.5 Å². The van der Waals surface area contributed by atoms with Gasteiger partial charge in [0.2, 0.25) is 10.0 Å². The average molecular weight is 286 g/mol. The highest BCUT2D eigenvalue weighted by Crippen LogP contribution is 2.29. The Kier molecular flexibility index (Phi) is 3.98. The van der Waals surface area contributed by atoms with E-state index in [0.29, 0.717) is 31.1 Å². The minimum absolute atomic E-state index is 0.101. The molecule has 0 radical (unpaired) electrons. The van der Waals surface area contributed by atoms with Crippen LogP contribution in [0.4, 0.5) is 5.69 Å². The maximum absolute atomic E-state index is 12.6. The lowest BCUT2D eigenvalue weighted by molar-refractivity contribution is 0.0101. The molecule has 0 saturated carbocycles. The van der Waals surface area contributed by atoms with Crippen LogP contribution in [0.25, 0.3) is 0 Å². The molecule has 0 aromatic heterocycles. The van der Waals surface area contributed by atoms with Gasteiger partial charge in [-0.15, -0.1) is 0 Å². The van der Waals surface area contributed by atoms with Crippen molar-refractivity contribution in [2.75, 3.05) is 32.5 Å². The number of nitrogens with two attached hydrogens (primary N) is 1. The van der Waals surface area contributed by atoms with Crippen molar-refractivity contribution in [1.29, 1.82) is 0 Å². The first-order chi connectivity index (χ1) is 8.95. The first kappa shape index (κ1) is 14.1. The number of sulfonamides is 1. The van der Waals surface area contributed by atoms with E-state index < -0.39 is 10.0 Å². The summed E-state index contributed by atoms with van der Waals surface area (Å²) in [6, 6.07) is 4.60. The lowest BCUT2D eigenvalue weighted by Crippen LogP contribution is -2.44. The van der Waals surface area contributed by atoms with Crippen LogP contribution in [0, 0.1) is 0 Å². The third kappa shape index (κ3) is 2.83. The number of hydrogen-bond acceptors (Lipinski definition) is 5. The fourth-order valence-corrected chi connectivity index (χ4v) is 3.73. The van der Waals surface area contributed by atoms with Gasteiger partial charge in [0.1, 0.15) is 10.6 Å². The summed E-state index contributed by atoms with van der Waals surface area (Å²) < 4.78 is 37.1. The minimum atomic E-state index is -3.61. The first-order valence-corrected chi connectivity index (χ1v) is 7.44. The summed E-state index contributed by atoms with van der Waals surface area (Å²) >= 11 is 0. The summed E-state index contributed by atoms with van der Waals surface area (Å²) in [6.45, 7) is 2.91. The van der Waals surface area contributed by atoms with Gasteiger partial charge in [-0.2, -0.15) is 4.31 Å². The quantitative estimate of drug-likeness (QED) is 0.827. The molecule has 1 saturated heterocycles. The molecule has 0 spiro atoms. The molecule has 0 bridgehead atoms. The maximum atomic E-state index is 12.6. The van der Waals surface area contributed by atoms with E-state index in [9.17, 15) is 8.42 Å². The van der Waals surface area contributed by atoms with Crippen LogP contribution >= 0.6 is 0 Å². The summed E-state index contributed by atoms with van der Waals surface area (Å²) in [5.74, 6) is 0.299. The molecule has 1 aromatic carbocycles. The molecule has 1 aliphatic heterocycles. The molecule has 106 valence electrons. The van der Waals surface area contributed by atoms with E-state index in [0.717, 1.165) is 0 Å². The van der Waals surface area contributed by atoms with Crippen molar-refractivity contribution in [1.82, 2.24) is 4.31 Å². The molecular formula is C12H18N2O4S. The van der Waals surface area contributed by atoms with Gasteiger partial charge < -0.3 is 15.2 Å². The van der Waals surface area contributed by atoms with Gasteiger partial charge in [0, 0.05) is 18.8 Å². The van der Waals surface area contributed by atoms with Gasteiger partial charge in [-0.1, -0.05) is 0 Å². The van der Waals surface area contributed by atoms with Crippen molar-refractivity contribution < 1.29 is 17.9 Å². The van der Waals surface area contributed by atoms with Crippen molar-refractivity contribution >= 4 is 15.7 Å². The average Bonchev–Trinajstić information content (AvgIpc) is 2.38. The topological polar surface area (TPSA) is 81.9 Å². The van der Waals surface area contributed by atoms with Crippen molar-refractivity contribution in [3.63, 3.8) is 0 Å². The first-order valence-electron chi connectivity index (χ1n) is 6.00. The highest BCUT2D eigenvalue weighted by molar-refractivity contribution is 7.89. The van der Waals surface area contributed by atoms with Gasteiger partial charge in [0.05, 0.1) is 19.8 Å². The van der Waals surface area contributed by atoms with Crippen molar-refractivity contribution in [2.45, 2.75) is 17.9 Å². The molecule has 6 nitrogen and oxygen atoms in total. The van der Waals surface area contributed by atoms with Crippen LogP contribution in [0.5, 0.6) is 5.75 Å². The van der Waals surface area contributed by atoms with Gasteiger partial charge in [-0.25, -0.2) is 8.42 Å². The lowest BCUT2D eigenvalue weighted by atomic mass is 10.3. The second kappa shape index (κ2) is 5.36. The minimum Gasteiger partial charge on any atom is -0.495 e. The summed E-state index contributed by atoms with van der Waals surface area (Å²) in [4.78, 5) is 0.101. The van der Waals surface area contributed by atoms with E-state index in [1.54, 1.807) is 12.1 Å². The Morgan fingerprint density at radius 3 is 2.84 bits per heavy atom. The predicted octanol–water partition coefficient (Wildman–Crippen LogP) is 0.687. The molecule has 2 N–H and O–H groups in total. The Morgan fingerprint density at radius 1 is 1.47 bits per heavy atom. The van der Waals surface area contributed by atoms with Crippen molar-refractivity contribution in [3.05, 3.63) is 18.2 Å². The molecule has 0 aliphatic carbocycles. The number of nitrogen functional groups attached to an aromatic ring is 1. The number of morpholine rings is 1. The zero-order valence-electron chi connectivity index (χ0n) is 11.0.